The third-order valence-electron chi connectivity index (χ3n) is 3.10. The lowest BCUT2D eigenvalue weighted by Crippen LogP contribution is -2.30. The maximum absolute atomic E-state index is 4.07. The molecule has 1 N–H and O–H groups in total. The molecule has 18 heavy (non-hydrogen) atoms. The van der Waals surface area contributed by atoms with Gasteiger partial charge >= 0.3 is 0 Å². The molecule has 0 aromatic heterocycles. The highest BCUT2D eigenvalue weighted by Gasteiger charge is 2.13. The van der Waals surface area contributed by atoms with Crippen LogP contribution >= 0.6 is 0 Å². The molecule has 104 valence electrons. The SMILES string of the molecule is C=C(C)/C=C\C(=C)NC(CC(C)C)CC(C)CC. The standard InChI is InChI=1S/C17H31N/c1-8-15(6)12-17(11-14(4)5)18-16(7)10-9-13(2)3/h9-10,14-15,17-18H,2,7-8,11-12H2,1,3-6H3/b10-9-. The topological polar surface area (TPSA) is 12.0 Å². The number of hydrogen-bond donors (Lipinski definition) is 1. The van der Waals surface area contributed by atoms with Crippen LogP contribution in [-0.2, 0) is 0 Å². The first-order valence-corrected chi connectivity index (χ1v) is 7.14. The molecule has 0 saturated heterocycles. The molecule has 2 unspecified atom stereocenters. The number of hydrogen-bond acceptors (Lipinski definition) is 1. The molecule has 0 aromatic carbocycles. The maximum atomic E-state index is 4.07. The van der Waals surface area contributed by atoms with Gasteiger partial charge in [-0.2, -0.15) is 0 Å². The van der Waals surface area contributed by atoms with Gasteiger partial charge in [0.1, 0.15) is 0 Å². The number of rotatable bonds is 9. The van der Waals surface area contributed by atoms with E-state index in [-0.39, 0.29) is 0 Å². The minimum atomic E-state index is 0.530. The van der Waals surface area contributed by atoms with Crippen molar-refractivity contribution in [1.82, 2.24) is 5.32 Å². The molecule has 0 rings (SSSR count). The highest BCUT2D eigenvalue weighted by atomic mass is 14.9. The van der Waals surface area contributed by atoms with Crippen molar-refractivity contribution in [3.8, 4) is 0 Å². The maximum Gasteiger partial charge on any atom is 0.0269 e. The average Bonchev–Trinajstić information content (AvgIpc) is 2.25. The van der Waals surface area contributed by atoms with Gasteiger partial charge in [-0.3, -0.25) is 0 Å². The van der Waals surface area contributed by atoms with Gasteiger partial charge in [-0.05, 0) is 37.7 Å². The second-order valence-corrected chi connectivity index (χ2v) is 5.92. The summed E-state index contributed by atoms with van der Waals surface area (Å²) in [5.41, 5.74) is 2.05. The summed E-state index contributed by atoms with van der Waals surface area (Å²) in [6.45, 7) is 19.1. The summed E-state index contributed by atoms with van der Waals surface area (Å²) in [5, 5.41) is 3.55. The van der Waals surface area contributed by atoms with Crippen LogP contribution in [0.2, 0.25) is 0 Å². The van der Waals surface area contributed by atoms with Crippen molar-refractivity contribution in [2.24, 2.45) is 11.8 Å². The first-order chi connectivity index (χ1) is 8.35. The van der Waals surface area contributed by atoms with E-state index in [0.29, 0.717) is 12.0 Å². The Balaban J connectivity index is 4.38. The Morgan fingerprint density at radius 2 is 1.72 bits per heavy atom. The molecule has 0 spiro atoms. The Morgan fingerprint density at radius 1 is 1.11 bits per heavy atom. The first kappa shape index (κ1) is 17.0. The molecular weight excluding hydrogens is 218 g/mol. The van der Waals surface area contributed by atoms with E-state index in [2.05, 4.69) is 46.2 Å². The molecule has 0 amide bonds. The lowest BCUT2D eigenvalue weighted by Gasteiger charge is -2.24. The van der Waals surface area contributed by atoms with Crippen LogP contribution in [0.3, 0.4) is 0 Å². The predicted molar refractivity (Wildman–Crippen MR) is 83.5 cm³/mol. The fourth-order valence-corrected chi connectivity index (χ4v) is 1.99. The molecular formula is C17H31N. The van der Waals surface area contributed by atoms with Crippen molar-refractivity contribution >= 4 is 0 Å². The zero-order chi connectivity index (χ0) is 14.1. The summed E-state index contributed by atoms with van der Waals surface area (Å²) >= 11 is 0. The van der Waals surface area contributed by atoms with Gasteiger partial charge in [0.25, 0.3) is 0 Å². The second-order valence-electron chi connectivity index (χ2n) is 5.92. The van der Waals surface area contributed by atoms with E-state index in [9.17, 15) is 0 Å². The lowest BCUT2D eigenvalue weighted by atomic mass is 9.93. The predicted octanol–water partition coefficient (Wildman–Crippen LogP) is 5.07. The summed E-state index contributed by atoms with van der Waals surface area (Å²) in [5.74, 6) is 1.48. The van der Waals surface area contributed by atoms with E-state index in [1.807, 2.05) is 19.1 Å². The fourth-order valence-electron chi connectivity index (χ4n) is 1.99. The van der Waals surface area contributed by atoms with Gasteiger partial charge in [-0.1, -0.05) is 58.9 Å². The summed E-state index contributed by atoms with van der Waals surface area (Å²) in [6, 6.07) is 0.530. The second kappa shape index (κ2) is 9.02. The van der Waals surface area contributed by atoms with E-state index in [4.69, 9.17) is 0 Å². The molecule has 1 heteroatoms. The first-order valence-electron chi connectivity index (χ1n) is 7.14. The molecule has 2 atom stereocenters. The van der Waals surface area contributed by atoms with Gasteiger partial charge in [-0.25, -0.2) is 0 Å². The normalized spacial score (nSPS) is 14.8. The third-order valence-corrected chi connectivity index (χ3v) is 3.10. The molecule has 0 saturated carbocycles. The zero-order valence-corrected chi connectivity index (χ0v) is 12.9. The highest BCUT2D eigenvalue weighted by Crippen LogP contribution is 2.17. The Hall–Kier alpha value is -0.980. The Bertz CT molecular complexity index is 286. The zero-order valence-electron chi connectivity index (χ0n) is 12.9. The molecule has 0 fully saturated rings. The van der Waals surface area contributed by atoms with Crippen molar-refractivity contribution in [1.29, 1.82) is 0 Å². The smallest absolute Gasteiger partial charge is 0.0269 e. The van der Waals surface area contributed by atoms with Gasteiger partial charge in [0.15, 0.2) is 0 Å². The lowest BCUT2D eigenvalue weighted by molar-refractivity contribution is 0.365. The van der Waals surface area contributed by atoms with Gasteiger partial charge in [0.05, 0.1) is 0 Å². The Morgan fingerprint density at radius 3 is 2.17 bits per heavy atom. The minimum absolute atomic E-state index is 0.530. The van der Waals surface area contributed by atoms with Crippen LogP contribution in [0.15, 0.2) is 36.6 Å². The largest absolute Gasteiger partial charge is 0.383 e. The van der Waals surface area contributed by atoms with Crippen LogP contribution in [0.4, 0.5) is 0 Å². The van der Waals surface area contributed by atoms with E-state index in [1.54, 1.807) is 0 Å². The monoisotopic (exact) mass is 249 g/mol. The van der Waals surface area contributed by atoms with Gasteiger partial charge in [0, 0.05) is 11.7 Å². The van der Waals surface area contributed by atoms with Crippen LogP contribution in [0, 0.1) is 11.8 Å². The molecule has 0 aromatic rings. The van der Waals surface area contributed by atoms with E-state index in [0.717, 1.165) is 17.2 Å². The van der Waals surface area contributed by atoms with Crippen LogP contribution in [0.25, 0.3) is 0 Å². The van der Waals surface area contributed by atoms with Crippen LogP contribution in [0.5, 0.6) is 0 Å². The van der Waals surface area contributed by atoms with E-state index < -0.39 is 0 Å². The van der Waals surface area contributed by atoms with E-state index >= 15 is 0 Å². The minimum Gasteiger partial charge on any atom is -0.383 e. The molecule has 0 radical (unpaired) electrons. The summed E-state index contributed by atoms with van der Waals surface area (Å²) in [4.78, 5) is 0. The highest BCUT2D eigenvalue weighted by molar-refractivity contribution is 5.22. The summed E-state index contributed by atoms with van der Waals surface area (Å²) in [6.07, 6.45) is 7.68. The molecule has 0 heterocycles. The van der Waals surface area contributed by atoms with Gasteiger partial charge in [0.2, 0.25) is 0 Å². The molecule has 0 bridgehead atoms. The molecule has 0 aliphatic rings. The Kier molecular flexibility index (Phi) is 8.53. The fraction of sp³-hybridized carbons (Fsp3) is 0.647. The van der Waals surface area contributed by atoms with Crippen molar-refractivity contribution in [3.05, 3.63) is 36.6 Å². The Labute approximate surface area is 114 Å². The van der Waals surface area contributed by atoms with Crippen molar-refractivity contribution in [3.63, 3.8) is 0 Å². The van der Waals surface area contributed by atoms with Gasteiger partial charge < -0.3 is 5.32 Å². The van der Waals surface area contributed by atoms with E-state index in [1.165, 1.54) is 19.3 Å². The van der Waals surface area contributed by atoms with Gasteiger partial charge in [-0.15, -0.1) is 0 Å². The number of nitrogens with one attached hydrogen (secondary N) is 1. The number of allylic oxidation sites excluding steroid dienone is 3. The summed E-state index contributed by atoms with van der Waals surface area (Å²) < 4.78 is 0. The van der Waals surface area contributed by atoms with Crippen molar-refractivity contribution < 1.29 is 0 Å². The molecule has 0 aliphatic heterocycles. The van der Waals surface area contributed by atoms with Crippen LogP contribution in [0.1, 0.15) is 53.9 Å². The molecule has 1 nitrogen and oxygen atoms in total. The summed E-state index contributed by atoms with van der Waals surface area (Å²) in [7, 11) is 0. The third kappa shape index (κ3) is 9.09. The average molecular weight is 249 g/mol. The quantitative estimate of drug-likeness (QED) is 0.562. The van der Waals surface area contributed by atoms with Crippen LogP contribution < -0.4 is 5.32 Å². The van der Waals surface area contributed by atoms with Crippen molar-refractivity contribution in [2.45, 2.75) is 59.9 Å². The molecule has 0 aliphatic carbocycles. The van der Waals surface area contributed by atoms with Crippen LogP contribution in [-0.4, -0.2) is 6.04 Å². The van der Waals surface area contributed by atoms with Crippen molar-refractivity contribution in [2.75, 3.05) is 0 Å².